The highest BCUT2D eigenvalue weighted by atomic mass is 19.1. The number of hydrogen-bond donors (Lipinski definition) is 0. The summed E-state index contributed by atoms with van der Waals surface area (Å²) in [4.78, 5) is 15.6. The van der Waals surface area contributed by atoms with E-state index in [4.69, 9.17) is 0 Å². The molecule has 0 radical (unpaired) electrons. The van der Waals surface area contributed by atoms with Crippen molar-refractivity contribution in [2.24, 2.45) is 0 Å². The monoisotopic (exact) mass is 458 g/mol. The van der Waals surface area contributed by atoms with Crippen LogP contribution in [0.5, 0.6) is 0 Å². The van der Waals surface area contributed by atoms with E-state index in [9.17, 15) is 17.6 Å². The number of hydrogen-bond acceptors (Lipinski definition) is 4. The van der Waals surface area contributed by atoms with Crippen LogP contribution in [0, 0.1) is 23.8 Å². The Hall–Kier alpha value is -4.46. The Morgan fingerprint density at radius 2 is 0.735 bits per heavy atom. The van der Waals surface area contributed by atoms with Crippen molar-refractivity contribution in [2.45, 2.75) is 0 Å². The first-order valence-corrected chi connectivity index (χ1v) is 10.2. The molecule has 0 aliphatic rings. The van der Waals surface area contributed by atoms with Gasteiger partial charge in [0, 0.05) is 11.1 Å². The van der Waals surface area contributed by atoms with Gasteiger partial charge in [-0.15, -0.1) is 0 Å². The van der Waals surface area contributed by atoms with Crippen LogP contribution in [0.15, 0.2) is 84.9 Å². The van der Waals surface area contributed by atoms with Crippen molar-refractivity contribution in [3.63, 3.8) is 0 Å². The lowest BCUT2D eigenvalue weighted by Crippen LogP contribution is -1.97. The highest BCUT2D eigenvalue weighted by Gasteiger charge is 2.15. The van der Waals surface area contributed by atoms with Gasteiger partial charge in [0.05, 0.1) is 33.9 Å². The number of benzene rings is 1. The first-order chi connectivity index (χ1) is 16.5. The highest BCUT2D eigenvalue weighted by Crippen LogP contribution is 2.33. The fraction of sp³-hybridized carbons (Fsp3) is 0. The lowest BCUT2D eigenvalue weighted by molar-refractivity contribution is 0.514. The lowest BCUT2D eigenvalue weighted by Gasteiger charge is -2.12. The summed E-state index contributed by atoms with van der Waals surface area (Å²) in [6.45, 7) is 0. The maximum absolute atomic E-state index is 14.2. The molecule has 0 atom stereocenters. The minimum Gasteiger partial charge on any atom is -0.248 e. The van der Waals surface area contributed by atoms with E-state index in [0.29, 0.717) is 33.9 Å². The zero-order chi connectivity index (χ0) is 23.7. The van der Waals surface area contributed by atoms with Crippen LogP contribution in [0.2, 0.25) is 0 Å². The van der Waals surface area contributed by atoms with Crippen LogP contribution in [0.4, 0.5) is 17.6 Å². The van der Waals surface area contributed by atoms with Crippen molar-refractivity contribution in [1.82, 2.24) is 19.9 Å². The van der Waals surface area contributed by atoms with Crippen LogP contribution in [0.3, 0.4) is 0 Å². The van der Waals surface area contributed by atoms with Crippen molar-refractivity contribution in [3.8, 4) is 45.0 Å². The van der Waals surface area contributed by atoms with Crippen molar-refractivity contribution < 1.29 is 17.6 Å². The second kappa shape index (κ2) is 8.82. The van der Waals surface area contributed by atoms with Crippen LogP contribution < -0.4 is 0 Å². The summed E-state index contributed by atoms with van der Waals surface area (Å²) in [5.74, 6) is -3.74. The molecule has 34 heavy (non-hydrogen) atoms. The molecule has 166 valence electrons. The van der Waals surface area contributed by atoms with Gasteiger partial charge in [0.15, 0.2) is 0 Å². The Morgan fingerprint density at radius 3 is 1.12 bits per heavy atom. The molecule has 5 rings (SSSR count). The smallest absolute Gasteiger partial charge is 0.224 e. The molecule has 0 unspecified atom stereocenters. The van der Waals surface area contributed by atoms with Crippen molar-refractivity contribution in [1.29, 1.82) is 0 Å². The maximum Gasteiger partial charge on any atom is 0.224 e. The second-order valence-electron chi connectivity index (χ2n) is 7.31. The fourth-order valence-electron chi connectivity index (χ4n) is 3.61. The molecule has 4 heterocycles. The summed E-state index contributed by atoms with van der Waals surface area (Å²) in [7, 11) is 0. The molecule has 4 nitrogen and oxygen atoms in total. The molecule has 0 aliphatic carbocycles. The predicted octanol–water partition coefficient (Wildman–Crippen LogP) is 6.49. The first kappa shape index (κ1) is 21.4. The summed E-state index contributed by atoms with van der Waals surface area (Å²) >= 11 is 0. The molecule has 1 aromatic carbocycles. The SMILES string of the molecule is Fc1ccc(-c2cccc(-c3ccccc3-c3cccc(-c4ccc(F)nc4F)n3)n2)c(F)n1. The van der Waals surface area contributed by atoms with Gasteiger partial charge >= 0.3 is 0 Å². The van der Waals surface area contributed by atoms with Crippen LogP contribution in [-0.4, -0.2) is 19.9 Å². The molecule has 8 heteroatoms. The van der Waals surface area contributed by atoms with E-state index < -0.39 is 23.8 Å². The Labute approximate surface area is 191 Å². The number of aromatic nitrogens is 4. The number of pyridine rings is 4. The highest BCUT2D eigenvalue weighted by molar-refractivity contribution is 5.81. The minimum absolute atomic E-state index is 0.0696. The standard InChI is InChI=1S/C26H14F4N4/c27-23-13-11-17(25(29)33-23)21-9-3-7-19(31-21)15-5-1-2-6-16(15)20-8-4-10-22(32-20)18-12-14-24(28)34-26(18)30/h1-14H. The van der Waals surface area contributed by atoms with E-state index in [-0.39, 0.29) is 11.1 Å². The van der Waals surface area contributed by atoms with Gasteiger partial charge in [0.25, 0.3) is 0 Å². The Morgan fingerprint density at radius 1 is 0.353 bits per heavy atom. The number of nitrogens with zero attached hydrogens (tertiary/aromatic N) is 4. The minimum atomic E-state index is -0.956. The summed E-state index contributed by atoms with van der Waals surface area (Å²) in [6.07, 6.45) is 0. The molecular formula is C26H14F4N4. The molecule has 4 aromatic heterocycles. The molecule has 0 N–H and O–H groups in total. The molecule has 0 fully saturated rings. The third-order valence-corrected chi connectivity index (χ3v) is 5.16. The van der Waals surface area contributed by atoms with Gasteiger partial charge in [-0.05, 0) is 48.5 Å². The van der Waals surface area contributed by atoms with E-state index in [1.165, 1.54) is 12.1 Å². The summed E-state index contributed by atoms with van der Waals surface area (Å²) in [6, 6.07) is 22.1. The lowest BCUT2D eigenvalue weighted by atomic mass is 9.99. The molecule has 0 amide bonds. The third kappa shape index (κ3) is 4.13. The zero-order valence-electron chi connectivity index (χ0n) is 17.4. The number of rotatable bonds is 4. The van der Waals surface area contributed by atoms with Gasteiger partial charge in [0.2, 0.25) is 23.8 Å². The fourth-order valence-corrected chi connectivity index (χ4v) is 3.61. The normalized spacial score (nSPS) is 10.9. The van der Waals surface area contributed by atoms with E-state index in [1.807, 2.05) is 24.3 Å². The topological polar surface area (TPSA) is 51.6 Å². The van der Waals surface area contributed by atoms with Crippen LogP contribution in [0.25, 0.3) is 45.0 Å². The molecular weight excluding hydrogens is 444 g/mol. The van der Waals surface area contributed by atoms with Gasteiger partial charge in [-0.25, -0.2) is 9.97 Å². The predicted molar refractivity (Wildman–Crippen MR) is 119 cm³/mol. The summed E-state index contributed by atoms with van der Waals surface area (Å²) < 4.78 is 54.9. The van der Waals surface area contributed by atoms with Crippen molar-refractivity contribution in [2.75, 3.05) is 0 Å². The van der Waals surface area contributed by atoms with Crippen LogP contribution in [-0.2, 0) is 0 Å². The quantitative estimate of drug-likeness (QED) is 0.228. The number of halogens is 4. The zero-order valence-corrected chi connectivity index (χ0v) is 17.4. The molecule has 0 spiro atoms. The molecule has 0 saturated carbocycles. The third-order valence-electron chi connectivity index (χ3n) is 5.16. The summed E-state index contributed by atoms with van der Waals surface area (Å²) in [5, 5.41) is 0. The second-order valence-corrected chi connectivity index (χ2v) is 7.31. The van der Waals surface area contributed by atoms with E-state index in [1.54, 1.807) is 36.4 Å². The van der Waals surface area contributed by atoms with Crippen LogP contribution >= 0.6 is 0 Å². The van der Waals surface area contributed by atoms with Gasteiger partial charge in [-0.2, -0.15) is 27.5 Å². The van der Waals surface area contributed by atoms with Gasteiger partial charge < -0.3 is 0 Å². The molecule has 0 saturated heterocycles. The van der Waals surface area contributed by atoms with E-state index in [0.717, 1.165) is 12.1 Å². The average molecular weight is 458 g/mol. The summed E-state index contributed by atoms with van der Waals surface area (Å²) in [5.41, 5.74) is 3.17. The molecule has 5 aromatic rings. The van der Waals surface area contributed by atoms with Crippen LogP contribution in [0.1, 0.15) is 0 Å². The largest absolute Gasteiger partial charge is 0.248 e. The van der Waals surface area contributed by atoms with Gasteiger partial charge in [0.1, 0.15) is 0 Å². The van der Waals surface area contributed by atoms with Gasteiger partial charge in [-0.1, -0.05) is 36.4 Å². The van der Waals surface area contributed by atoms with E-state index in [2.05, 4.69) is 19.9 Å². The van der Waals surface area contributed by atoms with E-state index >= 15 is 0 Å². The Bertz CT molecular complexity index is 1410. The Kier molecular flexibility index (Phi) is 5.55. The van der Waals surface area contributed by atoms with Gasteiger partial charge in [-0.3, -0.25) is 0 Å². The maximum atomic E-state index is 14.2. The van der Waals surface area contributed by atoms with Crippen molar-refractivity contribution in [3.05, 3.63) is 109 Å². The molecule has 0 aliphatic heterocycles. The molecule has 0 bridgehead atoms. The average Bonchev–Trinajstić information content (AvgIpc) is 2.84. The first-order valence-electron chi connectivity index (χ1n) is 10.2. The Balaban J connectivity index is 1.60. The van der Waals surface area contributed by atoms with Crippen molar-refractivity contribution >= 4 is 0 Å².